The second-order valence-corrected chi connectivity index (χ2v) is 12.7. The number of rotatable bonds is 10. The molecule has 2 saturated carbocycles. The van der Waals surface area contributed by atoms with Crippen LogP contribution in [-0.2, 0) is 16.6 Å². The number of aliphatic carboxylic acids is 1. The molecule has 0 aliphatic heterocycles. The lowest BCUT2D eigenvalue weighted by Crippen LogP contribution is -2.61. The second kappa shape index (κ2) is 13.0. The Morgan fingerprint density at radius 2 is 1.85 bits per heavy atom. The zero-order valence-electron chi connectivity index (χ0n) is 25.7. The molecule has 4 aromatic rings. The third-order valence-corrected chi connectivity index (χ3v) is 9.32. The predicted octanol–water partition coefficient (Wildman–Crippen LogP) is 6.24. The number of amides is 2. The Hall–Kier alpha value is -4.58. The standard InChI is InChI=1S/C34H35BrN6O5/c1-3-46-32-21(11-14-27(42)43)10-13-26(38-32)39-33(45)34(15-6-16-34)40-31(44)22-9-12-24-25(17-22)41(2)29(28(24)20-7-4-5-8-20)30-36-18-23(35)19-37-30/h9-14,17-20H,3-8,15-16H2,1-2H3,(H,40,44)(H,42,43)(H,38,39,45)/b14-11+. The fraction of sp³-hybridized carbons (Fsp3) is 0.353. The van der Waals surface area contributed by atoms with Crippen LogP contribution in [-0.4, -0.2) is 54.6 Å². The summed E-state index contributed by atoms with van der Waals surface area (Å²) in [6.45, 7) is 2.10. The van der Waals surface area contributed by atoms with Gasteiger partial charge in [-0.25, -0.2) is 14.8 Å². The molecule has 2 aliphatic rings. The molecule has 238 valence electrons. The Morgan fingerprint density at radius 3 is 2.50 bits per heavy atom. The Labute approximate surface area is 274 Å². The van der Waals surface area contributed by atoms with Gasteiger partial charge in [-0.2, -0.15) is 4.98 Å². The van der Waals surface area contributed by atoms with Crippen molar-refractivity contribution in [1.29, 1.82) is 0 Å². The number of carboxylic acid groups (broad SMARTS) is 1. The fourth-order valence-electron chi connectivity index (χ4n) is 6.47. The predicted molar refractivity (Wildman–Crippen MR) is 178 cm³/mol. The number of benzene rings is 1. The molecule has 3 aromatic heterocycles. The lowest BCUT2D eigenvalue weighted by molar-refractivity contribution is -0.131. The van der Waals surface area contributed by atoms with E-state index in [0.29, 0.717) is 42.3 Å². The summed E-state index contributed by atoms with van der Waals surface area (Å²) in [6, 6.07) is 8.92. The van der Waals surface area contributed by atoms with Crippen LogP contribution in [0.3, 0.4) is 0 Å². The molecule has 2 fully saturated rings. The molecule has 0 radical (unpaired) electrons. The van der Waals surface area contributed by atoms with Gasteiger partial charge in [-0.15, -0.1) is 0 Å². The van der Waals surface area contributed by atoms with Crippen molar-refractivity contribution in [3.63, 3.8) is 0 Å². The molecule has 1 aromatic carbocycles. The summed E-state index contributed by atoms with van der Waals surface area (Å²) >= 11 is 3.43. The first kappa shape index (κ1) is 31.4. The van der Waals surface area contributed by atoms with Gasteiger partial charge in [0.25, 0.3) is 11.8 Å². The van der Waals surface area contributed by atoms with Crippen LogP contribution in [0, 0.1) is 0 Å². The van der Waals surface area contributed by atoms with Gasteiger partial charge in [0, 0.05) is 47.5 Å². The molecule has 46 heavy (non-hydrogen) atoms. The number of halogens is 1. The number of carbonyl (C=O) groups excluding carboxylic acids is 2. The number of fused-ring (bicyclic) bond motifs is 1. The molecule has 6 rings (SSSR count). The van der Waals surface area contributed by atoms with E-state index < -0.39 is 11.5 Å². The van der Waals surface area contributed by atoms with Gasteiger partial charge < -0.3 is 25.0 Å². The van der Waals surface area contributed by atoms with Crippen LogP contribution < -0.4 is 15.4 Å². The number of carboxylic acids is 1. The number of nitrogens with zero attached hydrogens (tertiary/aromatic N) is 4. The minimum atomic E-state index is -1.10. The Kier molecular flexibility index (Phi) is 8.90. The van der Waals surface area contributed by atoms with Crippen LogP contribution in [0.5, 0.6) is 5.88 Å². The molecule has 3 heterocycles. The van der Waals surface area contributed by atoms with Gasteiger partial charge >= 0.3 is 5.97 Å². The highest BCUT2D eigenvalue weighted by atomic mass is 79.9. The summed E-state index contributed by atoms with van der Waals surface area (Å²) in [7, 11) is 1.98. The zero-order valence-corrected chi connectivity index (χ0v) is 27.3. The second-order valence-electron chi connectivity index (χ2n) is 11.8. The van der Waals surface area contributed by atoms with E-state index in [1.807, 2.05) is 25.2 Å². The summed E-state index contributed by atoms with van der Waals surface area (Å²) in [5, 5.41) is 15.9. The van der Waals surface area contributed by atoms with Crippen LogP contribution in [0.2, 0.25) is 0 Å². The lowest BCUT2D eigenvalue weighted by atomic mass is 9.75. The molecule has 2 aliphatic carbocycles. The molecule has 2 amide bonds. The highest BCUT2D eigenvalue weighted by Gasteiger charge is 2.46. The number of hydrogen-bond acceptors (Lipinski definition) is 7. The molecule has 11 nitrogen and oxygen atoms in total. The van der Waals surface area contributed by atoms with E-state index in [1.54, 1.807) is 31.5 Å². The number of ether oxygens (including phenoxy) is 1. The summed E-state index contributed by atoms with van der Waals surface area (Å²) in [6.07, 6.45) is 12.2. The maximum absolute atomic E-state index is 13.7. The van der Waals surface area contributed by atoms with Crippen LogP contribution in [0.15, 0.2) is 53.3 Å². The van der Waals surface area contributed by atoms with Crippen LogP contribution >= 0.6 is 15.9 Å². The van der Waals surface area contributed by atoms with Gasteiger partial charge in [0.05, 0.1) is 16.8 Å². The highest BCUT2D eigenvalue weighted by Crippen LogP contribution is 2.44. The molecule has 0 bridgehead atoms. The average molecular weight is 688 g/mol. The summed E-state index contributed by atoms with van der Waals surface area (Å²) in [4.78, 5) is 51.9. The number of hydrogen-bond donors (Lipinski definition) is 3. The number of aromatic nitrogens is 4. The zero-order chi connectivity index (χ0) is 32.4. The average Bonchev–Trinajstić information content (AvgIpc) is 3.65. The first-order valence-corrected chi connectivity index (χ1v) is 16.3. The van der Waals surface area contributed by atoms with E-state index in [1.165, 1.54) is 24.5 Å². The van der Waals surface area contributed by atoms with Gasteiger partial charge in [0.1, 0.15) is 11.4 Å². The third kappa shape index (κ3) is 6.13. The van der Waals surface area contributed by atoms with E-state index in [-0.39, 0.29) is 23.5 Å². The van der Waals surface area contributed by atoms with Gasteiger partial charge in [-0.05, 0) is 96.8 Å². The van der Waals surface area contributed by atoms with Crippen molar-refractivity contribution >= 4 is 56.5 Å². The molecule has 0 spiro atoms. The number of nitrogens with one attached hydrogen (secondary N) is 2. The van der Waals surface area contributed by atoms with Gasteiger partial charge in [0.2, 0.25) is 5.88 Å². The highest BCUT2D eigenvalue weighted by molar-refractivity contribution is 9.10. The van der Waals surface area contributed by atoms with E-state index in [4.69, 9.17) is 9.84 Å². The van der Waals surface area contributed by atoms with Gasteiger partial charge in [-0.3, -0.25) is 9.59 Å². The summed E-state index contributed by atoms with van der Waals surface area (Å²) in [5.41, 5.74) is 2.94. The monoisotopic (exact) mass is 686 g/mol. The van der Waals surface area contributed by atoms with Crippen molar-refractivity contribution in [3.05, 3.63) is 70.0 Å². The minimum Gasteiger partial charge on any atom is -0.478 e. The van der Waals surface area contributed by atoms with E-state index in [2.05, 4.69) is 46.1 Å². The summed E-state index contributed by atoms with van der Waals surface area (Å²) < 4.78 is 8.45. The van der Waals surface area contributed by atoms with Crippen molar-refractivity contribution in [3.8, 4) is 17.4 Å². The Bertz CT molecular complexity index is 1840. The van der Waals surface area contributed by atoms with Crippen LogP contribution in [0.25, 0.3) is 28.5 Å². The lowest BCUT2D eigenvalue weighted by Gasteiger charge is -2.40. The Balaban J connectivity index is 1.26. The number of aryl methyl sites for hydroxylation is 1. The summed E-state index contributed by atoms with van der Waals surface area (Å²) in [5.74, 6) is -0.312. The fourth-order valence-corrected chi connectivity index (χ4v) is 6.67. The van der Waals surface area contributed by atoms with Crippen molar-refractivity contribution in [2.24, 2.45) is 7.05 Å². The molecular formula is C34H35BrN6O5. The first-order chi connectivity index (χ1) is 22.2. The van der Waals surface area contributed by atoms with Crippen molar-refractivity contribution in [2.45, 2.75) is 63.3 Å². The SMILES string of the molecule is CCOc1nc(NC(=O)C2(NC(=O)c3ccc4c(C5CCCC5)c(-c5ncc(Br)cn5)n(C)c4c3)CCC2)ccc1/C=C/C(=O)O. The number of carbonyl (C=O) groups is 3. The molecular weight excluding hydrogens is 652 g/mol. The van der Waals surface area contributed by atoms with Gasteiger partial charge in [-0.1, -0.05) is 18.9 Å². The molecule has 0 unspecified atom stereocenters. The Morgan fingerprint density at radius 1 is 1.11 bits per heavy atom. The quantitative estimate of drug-likeness (QED) is 0.166. The van der Waals surface area contributed by atoms with Crippen molar-refractivity contribution < 1.29 is 24.2 Å². The molecule has 12 heteroatoms. The van der Waals surface area contributed by atoms with E-state index in [9.17, 15) is 14.4 Å². The number of pyridine rings is 1. The van der Waals surface area contributed by atoms with Crippen LogP contribution in [0.4, 0.5) is 5.82 Å². The first-order valence-electron chi connectivity index (χ1n) is 15.5. The van der Waals surface area contributed by atoms with Crippen molar-refractivity contribution in [2.75, 3.05) is 11.9 Å². The maximum Gasteiger partial charge on any atom is 0.328 e. The topological polar surface area (TPSA) is 148 Å². The molecule has 3 N–H and O–H groups in total. The van der Waals surface area contributed by atoms with Gasteiger partial charge in [0.15, 0.2) is 5.82 Å². The van der Waals surface area contributed by atoms with Crippen LogP contribution in [0.1, 0.15) is 79.3 Å². The number of anilines is 1. The van der Waals surface area contributed by atoms with E-state index >= 15 is 0 Å². The third-order valence-electron chi connectivity index (χ3n) is 8.91. The maximum atomic E-state index is 13.7. The molecule has 0 atom stereocenters. The van der Waals surface area contributed by atoms with E-state index in [0.717, 1.165) is 46.4 Å². The largest absolute Gasteiger partial charge is 0.478 e. The van der Waals surface area contributed by atoms with Crippen molar-refractivity contribution in [1.82, 2.24) is 24.8 Å². The molecule has 0 saturated heterocycles. The normalized spacial score (nSPS) is 16.0. The smallest absolute Gasteiger partial charge is 0.328 e. The minimum absolute atomic E-state index is 0.199.